The smallest absolute Gasteiger partial charge is 0.257 e. The molecule has 0 aliphatic carbocycles. The third-order valence-electron chi connectivity index (χ3n) is 4.24. The number of rotatable bonds is 4. The maximum absolute atomic E-state index is 13.4. The van der Waals surface area contributed by atoms with E-state index >= 15 is 0 Å². The maximum atomic E-state index is 13.4. The topological polar surface area (TPSA) is 57.3 Å². The van der Waals surface area contributed by atoms with Crippen LogP contribution in [0.5, 0.6) is 0 Å². The quantitative estimate of drug-likeness (QED) is 0.906. The highest BCUT2D eigenvalue weighted by Gasteiger charge is 2.25. The highest BCUT2D eigenvalue weighted by atomic mass is 19.1. The Morgan fingerprint density at radius 1 is 1.33 bits per heavy atom. The fourth-order valence-corrected chi connectivity index (χ4v) is 2.95. The molecule has 0 radical (unpaired) electrons. The van der Waals surface area contributed by atoms with Gasteiger partial charge in [-0.15, -0.1) is 0 Å². The summed E-state index contributed by atoms with van der Waals surface area (Å²) in [4.78, 5) is 19.0. The molecule has 1 saturated heterocycles. The average molecular weight is 328 g/mol. The van der Waals surface area contributed by atoms with Crippen molar-refractivity contribution in [3.05, 3.63) is 54.0 Å². The third-order valence-corrected chi connectivity index (χ3v) is 4.24. The zero-order valence-electron chi connectivity index (χ0n) is 13.6. The summed E-state index contributed by atoms with van der Waals surface area (Å²) in [5.41, 5.74) is 1.06. The number of hydrogen-bond donors (Lipinski definition) is 2. The van der Waals surface area contributed by atoms with Crippen LogP contribution in [0, 0.1) is 5.82 Å². The Morgan fingerprint density at radius 3 is 3.00 bits per heavy atom. The van der Waals surface area contributed by atoms with Crippen LogP contribution in [-0.2, 0) is 0 Å². The van der Waals surface area contributed by atoms with Crippen molar-refractivity contribution in [2.24, 2.45) is 0 Å². The molecule has 0 bridgehead atoms. The van der Waals surface area contributed by atoms with Gasteiger partial charge >= 0.3 is 0 Å². The van der Waals surface area contributed by atoms with E-state index in [9.17, 15) is 9.18 Å². The zero-order chi connectivity index (χ0) is 16.9. The van der Waals surface area contributed by atoms with Crippen molar-refractivity contribution in [3.8, 4) is 0 Å². The predicted octanol–water partition coefficient (Wildman–Crippen LogP) is 2.79. The number of amides is 1. The molecule has 1 aliphatic heterocycles. The van der Waals surface area contributed by atoms with Gasteiger partial charge in [0, 0.05) is 31.0 Å². The average Bonchev–Trinajstić information content (AvgIpc) is 2.62. The van der Waals surface area contributed by atoms with Crippen molar-refractivity contribution >= 4 is 17.4 Å². The van der Waals surface area contributed by atoms with Gasteiger partial charge in [0.05, 0.1) is 5.56 Å². The standard InChI is InChI=1S/C18H21FN4O/c1-20-15-7-4-10-23(12-15)18(24)16-8-3-9-21-17(16)22-14-6-2-5-13(19)11-14/h2-3,5-6,8-9,11,15,20H,4,7,10,12H2,1H3,(H,21,22)/t15-/m1/s1. The van der Waals surface area contributed by atoms with Crippen molar-refractivity contribution < 1.29 is 9.18 Å². The molecule has 1 aliphatic rings. The van der Waals surface area contributed by atoms with Crippen LogP contribution in [0.1, 0.15) is 23.2 Å². The summed E-state index contributed by atoms with van der Waals surface area (Å²) in [6, 6.07) is 9.92. The van der Waals surface area contributed by atoms with Crippen LogP contribution in [0.15, 0.2) is 42.6 Å². The van der Waals surface area contributed by atoms with E-state index in [0.717, 1.165) is 19.4 Å². The van der Waals surface area contributed by atoms with Gasteiger partial charge in [0.15, 0.2) is 0 Å². The SMILES string of the molecule is CN[C@@H]1CCCN(C(=O)c2cccnc2Nc2cccc(F)c2)C1. The van der Waals surface area contributed by atoms with Crippen LogP contribution in [0.2, 0.25) is 0 Å². The second-order valence-electron chi connectivity index (χ2n) is 5.91. The minimum absolute atomic E-state index is 0.0537. The van der Waals surface area contributed by atoms with E-state index in [2.05, 4.69) is 15.6 Å². The van der Waals surface area contributed by atoms with Gasteiger partial charge in [-0.25, -0.2) is 9.37 Å². The molecule has 1 amide bonds. The Bertz CT molecular complexity index is 722. The molecule has 1 aromatic carbocycles. The van der Waals surface area contributed by atoms with Crippen LogP contribution in [-0.4, -0.2) is 42.0 Å². The molecule has 6 heteroatoms. The van der Waals surface area contributed by atoms with E-state index in [1.807, 2.05) is 11.9 Å². The summed E-state index contributed by atoms with van der Waals surface area (Å²) in [5, 5.41) is 6.28. The van der Waals surface area contributed by atoms with Crippen molar-refractivity contribution in [3.63, 3.8) is 0 Å². The normalized spacial score (nSPS) is 17.6. The summed E-state index contributed by atoms with van der Waals surface area (Å²) in [5.74, 6) is 0.0540. The number of anilines is 2. The van der Waals surface area contributed by atoms with E-state index < -0.39 is 0 Å². The second kappa shape index (κ2) is 7.40. The molecule has 0 unspecified atom stereocenters. The van der Waals surface area contributed by atoms with Crippen molar-refractivity contribution in [1.82, 2.24) is 15.2 Å². The monoisotopic (exact) mass is 328 g/mol. The van der Waals surface area contributed by atoms with Crippen LogP contribution in [0.25, 0.3) is 0 Å². The molecular formula is C18H21FN4O. The van der Waals surface area contributed by atoms with E-state index in [1.54, 1.807) is 30.5 Å². The van der Waals surface area contributed by atoms with Gasteiger partial charge in [-0.05, 0) is 50.2 Å². The molecule has 0 spiro atoms. The lowest BCUT2D eigenvalue weighted by Crippen LogP contribution is -2.47. The summed E-state index contributed by atoms with van der Waals surface area (Å²) in [7, 11) is 1.92. The van der Waals surface area contributed by atoms with Crippen molar-refractivity contribution in [1.29, 1.82) is 0 Å². The number of piperidine rings is 1. The van der Waals surface area contributed by atoms with E-state index in [1.165, 1.54) is 12.1 Å². The maximum Gasteiger partial charge on any atom is 0.257 e. The Morgan fingerprint density at radius 2 is 2.21 bits per heavy atom. The van der Waals surface area contributed by atoms with Crippen LogP contribution < -0.4 is 10.6 Å². The number of likely N-dealkylation sites (N-methyl/N-ethyl adjacent to an activating group) is 1. The molecule has 5 nitrogen and oxygen atoms in total. The van der Waals surface area contributed by atoms with Crippen molar-refractivity contribution in [2.75, 3.05) is 25.5 Å². The second-order valence-corrected chi connectivity index (χ2v) is 5.91. The summed E-state index contributed by atoms with van der Waals surface area (Å²) >= 11 is 0. The predicted molar refractivity (Wildman–Crippen MR) is 91.9 cm³/mol. The van der Waals surface area contributed by atoms with E-state index in [0.29, 0.717) is 29.7 Å². The van der Waals surface area contributed by atoms with Gasteiger partial charge in [-0.2, -0.15) is 0 Å². The number of nitrogens with zero attached hydrogens (tertiary/aromatic N) is 2. The molecule has 1 atom stereocenters. The molecule has 126 valence electrons. The Kier molecular flexibility index (Phi) is 5.05. The molecule has 2 heterocycles. The fourth-order valence-electron chi connectivity index (χ4n) is 2.95. The van der Waals surface area contributed by atoms with Crippen molar-refractivity contribution in [2.45, 2.75) is 18.9 Å². The first-order valence-corrected chi connectivity index (χ1v) is 8.11. The largest absolute Gasteiger partial charge is 0.339 e. The van der Waals surface area contributed by atoms with Gasteiger partial charge in [-0.3, -0.25) is 4.79 Å². The number of likely N-dealkylation sites (tertiary alicyclic amines) is 1. The number of benzene rings is 1. The Labute approximate surface area is 140 Å². The third kappa shape index (κ3) is 3.71. The molecule has 2 N–H and O–H groups in total. The lowest BCUT2D eigenvalue weighted by atomic mass is 10.0. The number of hydrogen-bond acceptors (Lipinski definition) is 4. The molecule has 0 saturated carbocycles. The van der Waals surface area contributed by atoms with Crippen LogP contribution in [0.3, 0.4) is 0 Å². The lowest BCUT2D eigenvalue weighted by molar-refractivity contribution is 0.0699. The first kappa shape index (κ1) is 16.4. The number of halogens is 1. The summed E-state index contributed by atoms with van der Waals surface area (Å²) in [6.07, 6.45) is 3.66. The first-order chi connectivity index (χ1) is 11.7. The lowest BCUT2D eigenvalue weighted by Gasteiger charge is -2.32. The number of carbonyl (C=O) groups excluding carboxylic acids is 1. The van der Waals surface area contributed by atoms with E-state index in [-0.39, 0.29) is 11.7 Å². The van der Waals surface area contributed by atoms with Gasteiger partial charge in [0.25, 0.3) is 5.91 Å². The number of aromatic nitrogens is 1. The van der Waals surface area contributed by atoms with E-state index in [4.69, 9.17) is 0 Å². The fraction of sp³-hybridized carbons (Fsp3) is 0.333. The van der Waals surface area contributed by atoms with Gasteiger partial charge in [0.1, 0.15) is 11.6 Å². The molecular weight excluding hydrogens is 307 g/mol. The minimum atomic E-state index is -0.336. The van der Waals surface area contributed by atoms with Gasteiger partial charge in [0.2, 0.25) is 0 Å². The van der Waals surface area contributed by atoms with Gasteiger partial charge < -0.3 is 15.5 Å². The first-order valence-electron chi connectivity index (χ1n) is 8.11. The molecule has 1 aromatic heterocycles. The Balaban J connectivity index is 1.82. The Hall–Kier alpha value is -2.47. The molecule has 2 aromatic rings. The number of carbonyl (C=O) groups is 1. The highest BCUT2D eigenvalue weighted by molar-refractivity contribution is 5.99. The minimum Gasteiger partial charge on any atom is -0.339 e. The molecule has 1 fully saturated rings. The summed E-state index contributed by atoms with van der Waals surface area (Å²) < 4.78 is 13.4. The van der Waals surface area contributed by atoms with Crippen LogP contribution >= 0.6 is 0 Å². The highest BCUT2D eigenvalue weighted by Crippen LogP contribution is 2.22. The number of nitrogens with one attached hydrogen (secondary N) is 2. The summed E-state index contributed by atoms with van der Waals surface area (Å²) in [6.45, 7) is 1.43. The van der Waals surface area contributed by atoms with Gasteiger partial charge in [-0.1, -0.05) is 6.07 Å². The zero-order valence-corrected chi connectivity index (χ0v) is 13.6. The number of pyridine rings is 1. The molecule has 3 rings (SSSR count). The molecule has 24 heavy (non-hydrogen) atoms. The van der Waals surface area contributed by atoms with Crippen LogP contribution in [0.4, 0.5) is 15.9 Å².